The first-order valence-corrected chi connectivity index (χ1v) is 15.7. The number of ether oxygens (including phenoxy) is 5. The van der Waals surface area contributed by atoms with E-state index < -0.39 is 4.65 Å². The summed E-state index contributed by atoms with van der Waals surface area (Å²) in [6.07, 6.45) is 2.60. The van der Waals surface area contributed by atoms with Gasteiger partial charge >= 0.3 is 0 Å². The van der Waals surface area contributed by atoms with Crippen LogP contribution in [0.5, 0.6) is 46.0 Å². The number of quaternary nitrogens is 1. The van der Waals surface area contributed by atoms with E-state index in [9.17, 15) is 10.3 Å². The number of methoxy groups -OCH3 is 3. The highest BCUT2D eigenvalue weighted by atomic mass is 16.6. The fourth-order valence-electron chi connectivity index (χ4n) is 7.25. The predicted molar refractivity (Wildman–Crippen MR) is 175 cm³/mol. The van der Waals surface area contributed by atoms with E-state index >= 15 is 0 Å². The SMILES string of the molecule is COc1cc2c3cc1Oc1c(OC)c(OC)cc4c1[C@@H](Cc1ccc(O)c(c1)Oc1ccc(cc1)C[C@@H]3[N+](C)([O-])CC2)N(C)CC4. The Morgan fingerprint density at radius 3 is 2.30 bits per heavy atom. The first kappa shape index (κ1) is 30.2. The maximum absolute atomic E-state index is 14.0. The van der Waals surface area contributed by atoms with Gasteiger partial charge in [-0.15, -0.1) is 0 Å². The Kier molecular flexibility index (Phi) is 7.71. The Bertz CT molecular complexity index is 1790. The normalized spacial score (nSPS) is 22.0. The zero-order chi connectivity index (χ0) is 32.2. The number of benzene rings is 4. The lowest BCUT2D eigenvalue weighted by molar-refractivity contribution is -0.894. The Hall–Kier alpha value is -4.44. The van der Waals surface area contributed by atoms with E-state index in [4.69, 9.17) is 23.7 Å². The summed E-state index contributed by atoms with van der Waals surface area (Å²) in [4.78, 5) is 2.31. The fourth-order valence-corrected chi connectivity index (χ4v) is 7.25. The number of fused-ring (bicyclic) bond motifs is 2. The molecule has 4 aliphatic rings. The number of hydrogen-bond acceptors (Lipinski definition) is 8. The van der Waals surface area contributed by atoms with Gasteiger partial charge in [-0.05, 0) is 84.6 Å². The number of nitrogens with zero attached hydrogens (tertiary/aromatic N) is 2. The molecule has 1 N–H and O–H groups in total. The molecule has 9 heteroatoms. The standard InChI is InChI=1S/C37H40N2O7/c1-38-14-12-25-20-34(43-4)36(44-5)37-35(25)28(38)16-23-8-11-30(40)31(18-23)45-26-9-6-22(7-10-26)17-29-27-21-33(46-37)32(42-3)19-24(27)13-15-39(29,2)41/h6-11,18-21,28-29,40H,12-17H2,1-5H3/t28-,29+,39?/m1/s1. The third kappa shape index (κ3) is 5.28. The van der Waals surface area contributed by atoms with Crippen molar-refractivity contribution in [2.24, 2.45) is 0 Å². The van der Waals surface area contributed by atoms with Crippen molar-refractivity contribution in [2.45, 2.75) is 37.8 Å². The van der Waals surface area contributed by atoms with Gasteiger partial charge in [0.1, 0.15) is 11.8 Å². The van der Waals surface area contributed by atoms with Crippen LogP contribution < -0.4 is 23.7 Å². The molecule has 4 aromatic carbocycles. The quantitative estimate of drug-likeness (QED) is 0.195. The molecule has 0 fully saturated rings. The van der Waals surface area contributed by atoms with Crippen molar-refractivity contribution in [1.29, 1.82) is 0 Å². The minimum atomic E-state index is -0.400. The molecule has 0 saturated heterocycles. The van der Waals surface area contributed by atoms with Crippen molar-refractivity contribution in [3.05, 3.63) is 99.3 Å². The van der Waals surface area contributed by atoms with Crippen LogP contribution in [-0.4, -0.2) is 63.2 Å². The van der Waals surface area contributed by atoms with Crippen molar-refractivity contribution >= 4 is 0 Å². The average Bonchev–Trinajstić information content (AvgIpc) is 3.05. The Morgan fingerprint density at radius 2 is 1.57 bits per heavy atom. The maximum Gasteiger partial charge on any atom is 0.204 e. The Balaban J connectivity index is 1.48. The van der Waals surface area contributed by atoms with Crippen LogP contribution >= 0.6 is 0 Å². The van der Waals surface area contributed by atoms with Crippen molar-refractivity contribution in [3.8, 4) is 46.0 Å². The summed E-state index contributed by atoms with van der Waals surface area (Å²) in [7, 11) is 8.75. The first-order chi connectivity index (χ1) is 22.2. The number of phenolic OH excluding ortho intramolecular Hbond substituents is 1. The lowest BCUT2D eigenvalue weighted by Crippen LogP contribution is -2.47. The lowest BCUT2D eigenvalue weighted by Gasteiger charge is -2.49. The first-order valence-electron chi connectivity index (χ1n) is 15.7. The molecule has 3 atom stereocenters. The third-order valence-electron chi connectivity index (χ3n) is 9.86. The van der Waals surface area contributed by atoms with E-state index in [1.165, 1.54) is 0 Å². The largest absolute Gasteiger partial charge is 0.633 e. The van der Waals surface area contributed by atoms with Crippen molar-refractivity contribution in [1.82, 2.24) is 4.90 Å². The summed E-state index contributed by atoms with van der Waals surface area (Å²) in [5.41, 5.74) is 6.15. The molecule has 0 saturated carbocycles. The number of hydrogen-bond donors (Lipinski definition) is 1. The second-order valence-corrected chi connectivity index (χ2v) is 12.7. The van der Waals surface area contributed by atoms with Gasteiger partial charge in [0.25, 0.3) is 0 Å². The molecule has 6 bridgehead atoms. The van der Waals surface area contributed by atoms with Gasteiger partial charge in [-0.1, -0.05) is 18.2 Å². The molecule has 8 rings (SSSR count). The highest BCUT2D eigenvalue weighted by molar-refractivity contribution is 5.63. The van der Waals surface area contributed by atoms with Crippen LogP contribution in [-0.2, 0) is 25.7 Å². The summed E-state index contributed by atoms with van der Waals surface area (Å²) in [6.45, 7) is 1.30. The molecule has 4 aliphatic heterocycles. The van der Waals surface area contributed by atoms with E-state index in [2.05, 4.69) is 11.9 Å². The molecule has 4 heterocycles. The van der Waals surface area contributed by atoms with Gasteiger partial charge < -0.3 is 38.6 Å². The van der Waals surface area contributed by atoms with Gasteiger partial charge in [-0.25, -0.2) is 0 Å². The number of rotatable bonds is 3. The molecule has 4 aromatic rings. The summed E-state index contributed by atoms with van der Waals surface area (Å²) in [6, 6.07) is 18.9. The van der Waals surface area contributed by atoms with E-state index in [1.807, 2.05) is 54.6 Å². The number of hydroxylamine groups is 3. The van der Waals surface area contributed by atoms with E-state index in [0.717, 1.165) is 46.3 Å². The summed E-state index contributed by atoms with van der Waals surface area (Å²) in [5.74, 6) is 3.81. The fraction of sp³-hybridized carbons (Fsp3) is 0.351. The van der Waals surface area contributed by atoms with E-state index in [1.54, 1.807) is 34.4 Å². The van der Waals surface area contributed by atoms with Gasteiger partial charge in [0.2, 0.25) is 5.75 Å². The molecule has 1 unspecified atom stereocenters. The molecular formula is C37H40N2O7. The zero-order valence-electron chi connectivity index (χ0n) is 27.0. The molecule has 0 aliphatic carbocycles. The van der Waals surface area contributed by atoms with E-state index in [0.29, 0.717) is 66.1 Å². The minimum absolute atomic E-state index is 0.0646. The highest BCUT2D eigenvalue weighted by Gasteiger charge is 2.37. The van der Waals surface area contributed by atoms with Gasteiger partial charge in [-0.2, -0.15) is 0 Å². The second kappa shape index (κ2) is 11.7. The minimum Gasteiger partial charge on any atom is -0.633 e. The smallest absolute Gasteiger partial charge is 0.204 e. The number of likely N-dealkylation sites (N-methyl/N-ethyl adjacent to an activating group) is 2. The summed E-state index contributed by atoms with van der Waals surface area (Å²) in [5, 5.41) is 24.8. The summed E-state index contributed by atoms with van der Waals surface area (Å²) < 4.78 is 30.5. The summed E-state index contributed by atoms with van der Waals surface area (Å²) >= 11 is 0. The van der Waals surface area contributed by atoms with Crippen LogP contribution in [0.25, 0.3) is 0 Å². The zero-order valence-corrected chi connectivity index (χ0v) is 27.0. The van der Waals surface area contributed by atoms with Gasteiger partial charge in [-0.3, -0.25) is 4.90 Å². The predicted octanol–water partition coefficient (Wildman–Crippen LogP) is 6.87. The Morgan fingerprint density at radius 1 is 0.826 bits per heavy atom. The molecule has 0 amide bonds. The third-order valence-corrected chi connectivity index (χ3v) is 9.86. The number of aromatic hydroxyl groups is 1. The van der Waals surface area contributed by atoms with Crippen LogP contribution in [0.15, 0.2) is 60.7 Å². The molecule has 9 nitrogen and oxygen atoms in total. The maximum atomic E-state index is 14.0. The van der Waals surface area contributed by atoms with Crippen molar-refractivity contribution in [3.63, 3.8) is 0 Å². The van der Waals surface area contributed by atoms with Crippen LogP contribution in [0.2, 0.25) is 0 Å². The van der Waals surface area contributed by atoms with Gasteiger partial charge in [0, 0.05) is 36.6 Å². The lowest BCUT2D eigenvalue weighted by atomic mass is 9.87. The Labute approximate surface area is 269 Å². The number of phenols is 1. The second-order valence-electron chi connectivity index (χ2n) is 12.7. The molecule has 240 valence electrons. The molecule has 46 heavy (non-hydrogen) atoms. The molecule has 0 radical (unpaired) electrons. The van der Waals surface area contributed by atoms with Crippen LogP contribution in [0, 0.1) is 5.21 Å². The van der Waals surface area contributed by atoms with Crippen LogP contribution in [0.1, 0.15) is 45.5 Å². The van der Waals surface area contributed by atoms with E-state index in [-0.39, 0.29) is 17.8 Å². The average molecular weight is 625 g/mol. The topological polar surface area (TPSA) is 92.7 Å². The van der Waals surface area contributed by atoms with Gasteiger partial charge in [0.15, 0.2) is 34.5 Å². The molecular weight excluding hydrogens is 584 g/mol. The van der Waals surface area contributed by atoms with Gasteiger partial charge in [0.05, 0.1) is 34.9 Å². The van der Waals surface area contributed by atoms with Crippen molar-refractivity contribution < 1.29 is 33.4 Å². The monoisotopic (exact) mass is 624 g/mol. The molecule has 0 spiro atoms. The highest BCUT2D eigenvalue weighted by Crippen LogP contribution is 2.52. The molecule has 0 aromatic heterocycles. The van der Waals surface area contributed by atoms with Crippen LogP contribution in [0.3, 0.4) is 0 Å². The van der Waals surface area contributed by atoms with Crippen LogP contribution in [0.4, 0.5) is 0 Å². The van der Waals surface area contributed by atoms with Crippen molar-refractivity contribution in [2.75, 3.05) is 48.5 Å².